The molecule has 2 aliphatic rings. The number of aliphatic hydroxyl groups excluding tert-OH is 1. The summed E-state index contributed by atoms with van der Waals surface area (Å²) in [4.78, 5) is 28.0. The van der Waals surface area contributed by atoms with Crippen LogP contribution < -0.4 is 4.74 Å². The molecule has 5 rings (SSSR count). The van der Waals surface area contributed by atoms with Gasteiger partial charge in [-0.15, -0.1) is 0 Å². The third-order valence-corrected chi connectivity index (χ3v) is 6.76. The fraction of sp³-hybridized carbons (Fsp3) is 0.241. The van der Waals surface area contributed by atoms with Crippen LogP contribution in [0.15, 0.2) is 78.4 Å². The van der Waals surface area contributed by atoms with Crippen LogP contribution in [0.25, 0.3) is 5.76 Å². The van der Waals surface area contributed by atoms with Crippen molar-refractivity contribution in [1.82, 2.24) is 4.90 Å². The Kier molecular flexibility index (Phi) is 5.93. The molecule has 3 aromatic rings. The second-order valence-corrected chi connectivity index (χ2v) is 8.88. The summed E-state index contributed by atoms with van der Waals surface area (Å²) >= 11 is 0. The van der Waals surface area contributed by atoms with E-state index in [4.69, 9.17) is 4.74 Å². The van der Waals surface area contributed by atoms with Crippen LogP contribution in [-0.4, -0.2) is 28.8 Å². The van der Waals surface area contributed by atoms with Crippen molar-refractivity contribution in [3.8, 4) is 5.75 Å². The molecule has 5 nitrogen and oxygen atoms in total. The monoisotopic (exact) mass is 453 g/mol. The Morgan fingerprint density at radius 3 is 2.47 bits per heavy atom. The number of benzene rings is 3. The molecule has 1 unspecified atom stereocenters. The number of ether oxygens (including phenoxy) is 1. The number of carbonyl (C=O) groups excluding carboxylic acids is 2. The van der Waals surface area contributed by atoms with E-state index in [-0.39, 0.29) is 17.9 Å². The zero-order chi connectivity index (χ0) is 23.7. The Morgan fingerprint density at radius 1 is 0.941 bits per heavy atom. The number of carbonyl (C=O) groups is 2. The third kappa shape index (κ3) is 3.98. The van der Waals surface area contributed by atoms with Crippen molar-refractivity contribution in [2.24, 2.45) is 0 Å². The minimum atomic E-state index is -0.677. The maximum Gasteiger partial charge on any atom is 0.295 e. The van der Waals surface area contributed by atoms with E-state index in [0.717, 1.165) is 30.4 Å². The van der Waals surface area contributed by atoms with Crippen LogP contribution in [0.2, 0.25) is 0 Å². The molecular formula is C29H27NO4. The Balaban J connectivity index is 1.60. The number of likely N-dealkylation sites (tertiary alicyclic amines) is 1. The maximum atomic E-state index is 13.3. The number of rotatable bonds is 5. The van der Waals surface area contributed by atoms with Gasteiger partial charge in [0.15, 0.2) is 0 Å². The quantitative estimate of drug-likeness (QED) is 0.328. The normalized spacial score (nSPS) is 19.2. The number of Topliss-reactive ketones (excluding diaryl/α,β-unsaturated/α-hetero) is 1. The average Bonchev–Trinajstić information content (AvgIpc) is 3.13. The average molecular weight is 454 g/mol. The van der Waals surface area contributed by atoms with Gasteiger partial charge in [-0.25, -0.2) is 0 Å². The van der Waals surface area contributed by atoms with Crippen LogP contribution in [-0.2, 0) is 29.0 Å². The van der Waals surface area contributed by atoms with Gasteiger partial charge in [0.05, 0.1) is 18.7 Å². The number of methoxy groups -OCH3 is 1. The highest BCUT2D eigenvalue weighted by atomic mass is 16.5. The van der Waals surface area contributed by atoms with E-state index < -0.39 is 17.7 Å². The Labute approximate surface area is 199 Å². The topological polar surface area (TPSA) is 66.8 Å². The van der Waals surface area contributed by atoms with Crippen molar-refractivity contribution in [1.29, 1.82) is 0 Å². The molecule has 1 amide bonds. The number of hydrogen-bond donors (Lipinski definition) is 1. The molecule has 1 aliphatic carbocycles. The molecule has 0 aromatic heterocycles. The van der Waals surface area contributed by atoms with Crippen molar-refractivity contribution in [2.45, 2.75) is 38.3 Å². The highest BCUT2D eigenvalue weighted by Gasteiger charge is 2.46. The lowest BCUT2D eigenvalue weighted by Gasteiger charge is -2.25. The lowest BCUT2D eigenvalue weighted by Crippen LogP contribution is -2.29. The van der Waals surface area contributed by atoms with Crippen LogP contribution >= 0.6 is 0 Å². The van der Waals surface area contributed by atoms with Gasteiger partial charge in [-0.3, -0.25) is 9.59 Å². The van der Waals surface area contributed by atoms with Crippen LogP contribution in [0.5, 0.6) is 5.75 Å². The van der Waals surface area contributed by atoms with Gasteiger partial charge in [-0.1, -0.05) is 54.6 Å². The fourth-order valence-corrected chi connectivity index (χ4v) is 5.03. The predicted molar refractivity (Wildman–Crippen MR) is 130 cm³/mol. The number of nitrogens with zero attached hydrogens (tertiary/aromatic N) is 1. The highest BCUT2D eigenvalue weighted by molar-refractivity contribution is 6.46. The van der Waals surface area contributed by atoms with Crippen LogP contribution in [0, 0.1) is 0 Å². The third-order valence-electron chi connectivity index (χ3n) is 6.76. The summed E-state index contributed by atoms with van der Waals surface area (Å²) < 4.78 is 5.32. The summed E-state index contributed by atoms with van der Waals surface area (Å²) in [5.41, 5.74) is 4.84. The number of fused-ring (bicyclic) bond motifs is 1. The van der Waals surface area contributed by atoms with Crippen molar-refractivity contribution < 1.29 is 19.4 Å². The highest BCUT2D eigenvalue weighted by Crippen LogP contribution is 2.40. The molecule has 1 aliphatic heterocycles. The molecule has 3 aromatic carbocycles. The minimum absolute atomic E-state index is 0.117. The second-order valence-electron chi connectivity index (χ2n) is 8.88. The summed E-state index contributed by atoms with van der Waals surface area (Å²) in [5.74, 6) is -0.712. The van der Waals surface area contributed by atoms with E-state index in [1.54, 1.807) is 7.11 Å². The molecule has 1 atom stereocenters. The first-order valence-corrected chi connectivity index (χ1v) is 11.7. The minimum Gasteiger partial charge on any atom is -0.507 e. The van der Waals surface area contributed by atoms with Crippen LogP contribution in [0.3, 0.4) is 0 Å². The van der Waals surface area contributed by atoms with Gasteiger partial charge >= 0.3 is 0 Å². The van der Waals surface area contributed by atoms with E-state index >= 15 is 0 Å². The lowest BCUT2D eigenvalue weighted by atomic mass is 9.88. The van der Waals surface area contributed by atoms with Gasteiger partial charge in [-0.2, -0.15) is 0 Å². The fourth-order valence-electron chi connectivity index (χ4n) is 5.03. The largest absolute Gasteiger partial charge is 0.507 e. The molecule has 34 heavy (non-hydrogen) atoms. The lowest BCUT2D eigenvalue weighted by molar-refractivity contribution is -0.140. The van der Waals surface area contributed by atoms with Crippen LogP contribution in [0.4, 0.5) is 0 Å². The molecule has 172 valence electrons. The standard InChI is InChI=1S/C29H27NO4/c1-34-24-13-7-8-19(16-24)18-30-26(21-10-3-2-4-11-21)25(28(32)29(30)33)27(31)23-15-14-20-9-5-6-12-22(20)17-23/h2-4,7-8,10-11,13-17,26,31H,5-6,9,12,18H2,1H3/b27-25-. The number of aliphatic hydroxyl groups is 1. The summed E-state index contributed by atoms with van der Waals surface area (Å²) in [7, 11) is 1.59. The van der Waals surface area contributed by atoms with Gasteiger partial charge in [0.25, 0.3) is 11.7 Å². The molecule has 0 spiro atoms. The van der Waals surface area contributed by atoms with Crippen LogP contribution in [0.1, 0.15) is 46.7 Å². The molecule has 1 fully saturated rings. The first-order valence-electron chi connectivity index (χ1n) is 11.7. The molecule has 1 saturated heterocycles. The van der Waals surface area contributed by atoms with E-state index in [9.17, 15) is 14.7 Å². The summed E-state index contributed by atoms with van der Waals surface area (Å²) in [6.07, 6.45) is 4.28. The summed E-state index contributed by atoms with van der Waals surface area (Å²) in [6.45, 7) is 0.225. The SMILES string of the molecule is COc1cccc(CN2C(=O)C(=O)/C(=C(\O)c3ccc4c(c3)CCCC4)C2c2ccccc2)c1. The molecule has 0 saturated carbocycles. The summed E-state index contributed by atoms with van der Waals surface area (Å²) in [5, 5.41) is 11.4. The molecule has 0 bridgehead atoms. The van der Waals surface area contributed by atoms with Crippen molar-refractivity contribution in [2.75, 3.05) is 7.11 Å². The number of hydrogen-bond acceptors (Lipinski definition) is 4. The first-order chi connectivity index (χ1) is 16.6. The Morgan fingerprint density at radius 2 is 1.71 bits per heavy atom. The van der Waals surface area contributed by atoms with Crippen molar-refractivity contribution >= 4 is 17.4 Å². The molecule has 5 heteroatoms. The zero-order valence-electron chi connectivity index (χ0n) is 19.2. The number of aryl methyl sites for hydroxylation is 2. The van der Waals surface area contributed by atoms with Gasteiger partial charge in [0.2, 0.25) is 0 Å². The zero-order valence-corrected chi connectivity index (χ0v) is 19.2. The van der Waals surface area contributed by atoms with E-state index in [2.05, 4.69) is 0 Å². The number of amides is 1. The van der Waals surface area contributed by atoms with Crippen molar-refractivity contribution in [3.05, 3.63) is 106 Å². The van der Waals surface area contributed by atoms with E-state index in [1.165, 1.54) is 22.4 Å². The van der Waals surface area contributed by atoms with Gasteiger partial charge in [0.1, 0.15) is 11.5 Å². The molecule has 1 heterocycles. The second kappa shape index (κ2) is 9.18. The van der Waals surface area contributed by atoms with Gasteiger partial charge in [0, 0.05) is 12.1 Å². The number of ketones is 1. The molecular weight excluding hydrogens is 426 g/mol. The Bertz CT molecular complexity index is 1280. The summed E-state index contributed by atoms with van der Waals surface area (Å²) in [6, 6.07) is 22.0. The molecule has 0 radical (unpaired) electrons. The van der Waals surface area contributed by atoms with E-state index in [0.29, 0.717) is 11.3 Å². The van der Waals surface area contributed by atoms with Gasteiger partial charge in [-0.05, 0) is 66.1 Å². The van der Waals surface area contributed by atoms with Crippen molar-refractivity contribution in [3.63, 3.8) is 0 Å². The Hall–Kier alpha value is -3.86. The maximum absolute atomic E-state index is 13.3. The molecule has 1 N–H and O–H groups in total. The van der Waals surface area contributed by atoms with E-state index in [1.807, 2.05) is 72.8 Å². The smallest absolute Gasteiger partial charge is 0.295 e. The first kappa shape index (κ1) is 22.0. The van der Waals surface area contributed by atoms with Gasteiger partial charge < -0.3 is 14.7 Å². The predicted octanol–water partition coefficient (Wildman–Crippen LogP) is 5.20.